The molecule has 2 amide bonds. The highest BCUT2D eigenvalue weighted by Gasteiger charge is 2.27. The Balaban J connectivity index is 1.82. The molecule has 1 aromatic carbocycles. The zero-order chi connectivity index (χ0) is 18.4. The number of methoxy groups -OCH3 is 1. The molecule has 0 heterocycles. The maximum absolute atomic E-state index is 12.2. The summed E-state index contributed by atoms with van der Waals surface area (Å²) in [6, 6.07) is 7.69. The van der Waals surface area contributed by atoms with Gasteiger partial charge in [0.25, 0.3) is 0 Å². The van der Waals surface area contributed by atoms with Crippen LogP contribution >= 0.6 is 0 Å². The van der Waals surface area contributed by atoms with E-state index in [0.29, 0.717) is 32.2 Å². The summed E-state index contributed by atoms with van der Waals surface area (Å²) >= 11 is 0. The summed E-state index contributed by atoms with van der Waals surface area (Å²) in [7, 11) is 1.64. The SMILES string of the molecule is COc1cccc(C(C)(C)CNC(=O)NC2CCC(C(=O)O)CC2)c1. The highest BCUT2D eigenvalue weighted by Crippen LogP contribution is 2.26. The van der Waals surface area contributed by atoms with Crippen LogP contribution in [0.15, 0.2) is 24.3 Å². The van der Waals surface area contributed by atoms with E-state index in [-0.39, 0.29) is 23.4 Å². The molecule has 0 bridgehead atoms. The summed E-state index contributed by atoms with van der Waals surface area (Å²) in [6.07, 6.45) is 2.67. The molecule has 25 heavy (non-hydrogen) atoms. The van der Waals surface area contributed by atoms with Gasteiger partial charge in [-0.3, -0.25) is 4.79 Å². The maximum atomic E-state index is 12.2. The number of amides is 2. The van der Waals surface area contributed by atoms with Crippen molar-refractivity contribution in [3.05, 3.63) is 29.8 Å². The Bertz CT molecular complexity index is 607. The van der Waals surface area contributed by atoms with E-state index < -0.39 is 5.97 Å². The Kier molecular flexibility index (Phi) is 6.28. The molecule has 0 saturated heterocycles. The number of ether oxygens (including phenoxy) is 1. The van der Waals surface area contributed by atoms with Crippen LogP contribution in [-0.2, 0) is 10.2 Å². The van der Waals surface area contributed by atoms with Gasteiger partial charge in [0.15, 0.2) is 0 Å². The molecule has 0 radical (unpaired) electrons. The van der Waals surface area contributed by atoms with E-state index in [1.165, 1.54) is 0 Å². The molecule has 0 atom stereocenters. The van der Waals surface area contributed by atoms with Crippen molar-refractivity contribution in [3.8, 4) is 5.75 Å². The molecule has 6 heteroatoms. The number of carboxylic acid groups (broad SMARTS) is 1. The Morgan fingerprint density at radius 3 is 2.52 bits per heavy atom. The first-order chi connectivity index (χ1) is 11.8. The number of carbonyl (C=O) groups excluding carboxylic acids is 1. The highest BCUT2D eigenvalue weighted by atomic mass is 16.5. The highest BCUT2D eigenvalue weighted by molar-refractivity contribution is 5.74. The summed E-state index contributed by atoms with van der Waals surface area (Å²) in [5.74, 6) is -0.207. The van der Waals surface area contributed by atoms with Gasteiger partial charge in [-0.05, 0) is 43.4 Å². The van der Waals surface area contributed by atoms with Crippen molar-refractivity contribution in [2.45, 2.75) is 51.0 Å². The van der Waals surface area contributed by atoms with Crippen molar-refractivity contribution in [2.75, 3.05) is 13.7 Å². The third-order valence-electron chi connectivity index (χ3n) is 4.95. The van der Waals surface area contributed by atoms with Crippen LogP contribution < -0.4 is 15.4 Å². The Hall–Kier alpha value is -2.24. The third-order valence-corrected chi connectivity index (χ3v) is 4.95. The molecule has 1 fully saturated rings. The lowest BCUT2D eigenvalue weighted by Gasteiger charge is -2.29. The lowest BCUT2D eigenvalue weighted by Crippen LogP contribution is -2.47. The van der Waals surface area contributed by atoms with E-state index in [1.54, 1.807) is 7.11 Å². The van der Waals surface area contributed by atoms with E-state index >= 15 is 0 Å². The molecule has 3 N–H and O–H groups in total. The average Bonchev–Trinajstić information content (AvgIpc) is 2.60. The number of aliphatic carboxylic acids is 1. The normalized spacial score (nSPS) is 20.6. The molecule has 1 saturated carbocycles. The summed E-state index contributed by atoms with van der Waals surface area (Å²) < 4.78 is 5.26. The summed E-state index contributed by atoms with van der Waals surface area (Å²) in [5.41, 5.74) is 0.862. The molecule has 0 aliphatic heterocycles. The van der Waals surface area contributed by atoms with Crippen LogP contribution in [0, 0.1) is 5.92 Å². The van der Waals surface area contributed by atoms with Gasteiger partial charge >= 0.3 is 12.0 Å². The fraction of sp³-hybridized carbons (Fsp3) is 0.579. The molecule has 138 valence electrons. The number of nitrogens with one attached hydrogen (secondary N) is 2. The van der Waals surface area contributed by atoms with Crippen LogP contribution in [0.3, 0.4) is 0 Å². The van der Waals surface area contributed by atoms with E-state index in [1.807, 2.05) is 24.3 Å². The fourth-order valence-electron chi connectivity index (χ4n) is 3.17. The van der Waals surface area contributed by atoms with Crippen LogP contribution in [0.25, 0.3) is 0 Å². The second-order valence-corrected chi connectivity index (χ2v) is 7.33. The minimum Gasteiger partial charge on any atom is -0.497 e. The first kappa shape index (κ1) is 19.1. The van der Waals surface area contributed by atoms with Gasteiger partial charge < -0.3 is 20.5 Å². The third kappa shape index (κ3) is 5.37. The summed E-state index contributed by atoms with van der Waals surface area (Å²) in [4.78, 5) is 23.1. The van der Waals surface area contributed by atoms with Gasteiger partial charge in [0.2, 0.25) is 0 Å². The molecule has 1 aromatic rings. The lowest BCUT2D eigenvalue weighted by molar-refractivity contribution is -0.142. The van der Waals surface area contributed by atoms with Gasteiger partial charge in [-0.25, -0.2) is 4.79 Å². The fourth-order valence-corrected chi connectivity index (χ4v) is 3.17. The number of urea groups is 1. The number of carbonyl (C=O) groups is 2. The first-order valence-corrected chi connectivity index (χ1v) is 8.73. The number of rotatable bonds is 6. The second-order valence-electron chi connectivity index (χ2n) is 7.33. The minimum atomic E-state index is -0.733. The molecule has 6 nitrogen and oxygen atoms in total. The van der Waals surface area contributed by atoms with Gasteiger partial charge in [-0.1, -0.05) is 26.0 Å². The molecule has 0 aromatic heterocycles. The van der Waals surface area contributed by atoms with Crippen molar-refractivity contribution in [1.82, 2.24) is 10.6 Å². The van der Waals surface area contributed by atoms with Crippen molar-refractivity contribution in [1.29, 1.82) is 0 Å². The average molecular weight is 348 g/mol. The smallest absolute Gasteiger partial charge is 0.315 e. The van der Waals surface area contributed by atoms with E-state index in [0.717, 1.165) is 11.3 Å². The van der Waals surface area contributed by atoms with Gasteiger partial charge in [-0.2, -0.15) is 0 Å². The van der Waals surface area contributed by atoms with Gasteiger partial charge in [0.1, 0.15) is 5.75 Å². The summed E-state index contributed by atoms with van der Waals surface area (Å²) in [5, 5.41) is 14.9. The van der Waals surface area contributed by atoms with Crippen LogP contribution in [0.4, 0.5) is 4.79 Å². The van der Waals surface area contributed by atoms with Crippen LogP contribution in [0.2, 0.25) is 0 Å². The molecule has 0 unspecified atom stereocenters. The first-order valence-electron chi connectivity index (χ1n) is 8.73. The van der Waals surface area contributed by atoms with E-state index in [4.69, 9.17) is 9.84 Å². The van der Waals surface area contributed by atoms with E-state index in [9.17, 15) is 9.59 Å². The van der Waals surface area contributed by atoms with Crippen molar-refractivity contribution in [2.24, 2.45) is 5.92 Å². The Labute approximate surface area is 149 Å². The molecule has 2 rings (SSSR count). The van der Waals surface area contributed by atoms with Crippen molar-refractivity contribution >= 4 is 12.0 Å². The predicted octanol–water partition coefficient (Wildman–Crippen LogP) is 2.92. The monoisotopic (exact) mass is 348 g/mol. The number of hydrogen-bond acceptors (Lipinski definition) is 3. The Morgan fingerprint density at radius 2 is 1.92 bits per heavy atom. The van der Waals surface area contributed by atoms with Crippen molar-refractivity contribution in [3.63, 3.8) is 0 Å². The zero-order valence-corrected chi connectivity index (χ0v) is 15.2. The maximum Gasteiger partial charge on any atom is 0.315 e. The molecular weight excluding hydrogens is 320 g/mol. The lowest BCUT2D eigenvalue weighted by atomic mass is 9.84. The zero-order valence-electron chi connectivity index (χ0n) is 15.2. The largest absolute Gasteiger partial charge is 0.497 e. The van der Waals surface area contributed by atoms with E-state index in [2.05, 4.69) is 24.5 Å². The minimum absolute atomic E-state index is 0.0514. The predicted molar refractivity (Wildman–Crippen MR) is 95.9 cm³/mol. The summed E-state index contributed by atoms with van der Waals surface area (Å²) in [6.45, 7) is 4.64. The number of benzene rings is 1. The van der Waals surface area contributed by atoms with Crippen LogP contribution in [0.5, 0.6) is 5.75 Å². The number of carboxylic acids is 1. The molecule has 0 spiro atoms. The second kappa shape index (κ2) is 8.23. The van der Waals surface area contributed by atoms with Gasteiger partial charge in [0, 0.05) is 18.0 Å². The topological polar surface area (TPSA) is 87.7 Å². The molecular formula is C19H28N2O4. The van der Waals surface area contributed by atoms with Crippen molar-refractivity contribution < 1.29 is 19.4 Å². The van der Waals surface area contributed by atoms with Crippen LogP contribution in [-0.4, -0.2) is 36.8 Å². The van der Waals surface area contributed by atoms with Gasteiger partial charge in [0.05, 0.1) is 13.0 Å². The number of hydrogen-bond donors (Lipinski definition) is 3. The standard InChI is InChI=1S/C19H28N2O4/c1-19(2,14-5-4-6-16(11-14)25-3)12-20-18(24)21-15-9-7-13(8-10-15)17(22)23/h4-6,11,13,15H,7-10,12H2,1-3H3,(H,22,23)(H2,20,21,24). The molecule has 1 aliphatic carbocycles. The van der Waals surface area contributed by atoms with Gasteiger partial charge in [-0.15, -0.1) is 0 Å². The Morgan fingerprint density at radius 1 is 1.24 bits per heavy atom. The quantitative estimate of drug-likeness (QED) is 0.737. The van der Waals surface area contributed by atoms with Crippen LogP contribution in [0.1, 0.15) is 45.1 Å². The molecule has 1 aliphatic rings.